The summed E-state index contributed by atoms with van der Waals surface area (Å²) < 4.78 is 35.2. The van der Waals surface area contributed by atoms with E-state index >= 15 is 0 Å². The number of hydrogen-bond acceptors (Lipinski definition) is 7. The summed E-state index contributed by atoms with van der Waals surface area (Å²) in [5, 5.41) is 10.2. The zero-order valence-electron chi connectivity index (χ0n) is 13.4. The number of anilines is 1. The van der Waals surface area contributed by atoms with Gasteiger partial charge in [-0.2, -0.15) is 8.78 Å². The lowest BCUT2D eigenvalue weighted by Crippen LogP contribution is -2.22. The van der Waals surface area contributed by atoms with Gasteiger partial charge in [-0.05, 0) is 43.3 Å². The van der Waals surface area contributed by atoms with Crippen LogP contribution in [0.5, 0.6) is 0 Å². The van der Waals surface area contributed by atoms with Gasteiger partial charge in [0.2, 0.25) is 5.91 Å². The maximum atomic E-state index is 12.3. The van der Waals surface area contributed by atoms with E-state index in [0.29, 0.717) is 28.1 Å². The summed E-state index contributed by atoms with van der Waals surface area (Å²) in [4.78, 5) is 12.7. The van der Waals surface area contributed by atoms with Crippen LogP contribution in [-0.2, 0) is 4.79 Å². The molecule has 3 rings (SSSR count). The minimum Gasteiger partial charge on any atom is -0.459 e. The Bertz CT molecular complexity index is 854. The molecule has 1 atom stereocenters. The smallest absolute Gasteiger partial charge is 0.288 e. The van der Waals surface area contributed by atoms with Gasteiger partial charge in [-0.1, -0.05) is 23.5 Å². The lowest BCUT2D eigenvalue weighted by atomic mass is 10.3. The largest absolute Gasteiger partial charge is 0.459 e. The lowest BCUT2D eigenvalue weighted by molar-refractivity contribution is -0.115. The van der Waals surface area contributed by atoms with Crippen molar-refractivity contribution in [3.8, 4) is 11.7 Å². The molecule has 136 valence electrons. The zero-order chi connectivity index (χ0) is 18.5. The van der Waals surface area contributed by atoms with Crippen LogP contribution in [0.3, 0.4) is 0 Å². The number of furan rings is 1. The standard InChI is InChI=1S/C16H13F2N3O3S2/c1-9(25-16-21-20-14(24-16)12-3-2-8-23-12)13(22)19-10-4-6-11(7-5-10)26-15(17)18/h2-9,15H,1H3,(H,19,22)/t9-/m0/s1. The first kappa shape index (κ1) is 18.5. The number of rotatable bonds is 7. The highest BCUT2D eigenvalue weighted by Crippen LogP contribution is 2.28. The highest BCUT2D eigenvalue weighted by Gasteiger charge is 2.19. The second-order valence-corrected chi connectivity index (χ2v) is 7.36. The molecule has 0 saturated heterocycles. The number of hydrogen-bond donors (Lipinski definition) is 1. The minimum atomic E-state index is -2.48. The second-order valence-electron chi connectivity index (χ2n) is 5.00. The molecule has 26 heavy (non-hydrogen) atoms. The van der Waals surface area contributed by atoms with E-state index in [1.165, 1.54) is 18.4 Å². The molecule has 0 aliphatic heterocycles. The second kappa shape index (κ2) is 8.37. The van der Waals surface area contributed by atoms with Gasteiger partial charge in [-0.15, -0.1) is 10.2 Å². The molecule has 0 bridgehead atoms. The van der Waals surface area contributed by atoms with Crippen molar-refractivity contribution in [1.29, 1.82) is 0 Å². The first-order chi connectivity index (χ1) is 12.5. The number of thioether (sulfide) groups is 2. The SMILES string of the molecule is C[C@H](Sc1nnc(-c2ccco2)o1)C(=O)Nc1ccc(SC(F)F)cc1. The highest BCUT2D eigenvalue weighted by molar-refractivity contribution is 8.00. The molecule has 0 aliphatic rings. The molecular formula is C16H13F2N3O3S2. The number of nitrogens with zero attached hydrogens (tertiary/aromatic N) is 2. The molecule has 6 nitrogen and oxygen atoms in total. The minimum absolute atomic E-state index is 0.234. The van der Waals surface area contributed by atoms with Gasteiger partial charge >= 0.3 is 0 Å². The fourth-order valence-electron chi connectivity index (χ4n) is 1.93. The molecule has 10 heteroatoms. The van der Waals surface area contributed by atoms with Gasteiger partial charge in [-0.25, -0.2) is 0 Å². The van der Waals surface area contributed by atoms with Crippen LogP contribution in [0.25, 0.3) is 11.7 Å². The normalized spacial score (nSPS) is 12.3. The first-order valence-corrected chi connectivity index (χ1v) is 9.17. The number of nitrogens with one attached hydrogen (secondary N) is 1. The first-order valence-electron chi connectivity index (χ1n) is 7.41. The summed E-state index contributed by atoms with van der Waals surface area (Å²) in [6, 6.07) is 9.58. The van der Waals surface area contributed by atoms with Crippen molar-refractivity contribution in [3.05, 3.63) is 42.7 Å². The Labute approximate surface area is 155 Å². The van der Waals surface area contributed by atoms with Gasteiger partial charge < -0.3 is 14.2 Å². The topological polar surface area (TPSA) is 81.2 Å². The summed E-state index contributed by atoms with van der Waals surface area (Å²) in [6.45, 7) is 1.69. The van der Waals surface area contributed by atoms with Crippen LogP contribution in [-0.4, -0.2) is 27.1 Å². The monoisotopic (exact) mass is 397 g/mol. The molecule has 0 unspecified atom stereocenters. The van der Waals surface area contributed by atoms with Crippen LogP contribution in [0.2, 0.25) is 0 Å². The van der Waals surface area contributed by atoms with Crippen LogP contribution in [0.4, 0.5) is 14.5 Å². The number of halogens is 2. The Balaban J connectivity index is 1.56. The summed E-state index contributed by atoms with van der Waals surface area (Å²) in [7, 11) is 0. The molecule has 0 radical (unpaired) electrons. The van der Waals surface area contributed by atoms with Crippen LogP contribution in [0.15, 0.2) is 61.6 Å². The Kier molecular flexibility index (Phi) is 5.94. The Morgan fingerprint density at radius 1 is 1.15 bits per heavy atom. The van der Waals surface area contributed by atoms with E-state index in [9.17, 15) is 13.6 Å². The number of benzene rings is 1. The molecular weight excluding hydrogens is 384 g/mol. The Morgan fingerprint density at radius 2 is 1.92 bits per heavy atom. The quantitative estimate of drug-likeness (QED) is 0.576. The van der Waals surface area contributed by atoms with Crippen molar-refractivity contribution in [1.82, 2.24) is 10.2 Å². The average Bonchev–Trinajstić information content (AvgIpc) is 3.27. The van der Waals surface area contributed by atoms with Gasteiger partial charge in [0.1, 0.15) is 0 Å². The number of carbonyl (C=O) groups is 1. The Morgan fingerprint density at radius 3 is 2.58 bits per heavy atom. The predicted octanol–water partition coefficient (Wildman–Crippen LogP) is 4.76. The molecule has 1 aromatic carbocycles. The summed E-state index contributed by atoms with van der Waals surface area (Å²) >= 11 is 1.55. The van der Waals surface area contributed by atoms with E-state index in [-0.39, 0.29) is 17.0 Å². The summed E-state index contributed by atoms with van der Waals surface area (Å²) in [6.07, 6.45) is 1.49. The number of alkyl halides is 2. The van der Waals surface area contributed by atoms with E-state index in [0.717, 1.165) is 11.8 Å². The van der Waals surface area contributed by atoms with E-state index in [2.05, 4.69) is 15.5 Å². The van der Waals surface area contributed by atoms with E-state index < -0.39 is 11.0 Å². The number of carbonyl (C=O) groups excluding carboxylic acids is 1. The van der Waals surface area contributed by atoms with Crippen molar-refractivity contribution in [2.75, 3.05) is 5.32 Å². The predicted molar refractivity (Wildman–Crippen MR) is 94.3 cm³/mol. The third-order valence-electron chi connectivity index (χ3n) is 3.13. The lowest BCUT2D eigenvalue weighted by Gasteiger charge is -2.10. The van der Waals surface area contributed by atoms with Crippen LogP contribution < -0.4 is 5.32 Å². The molecule has 2 aromatic heterocycles. The third kappa shape index (κ3) is 4.85. The van der Waals surface area contributed by atoms with E-state index in [1.54, 1.807) is 31.2 Å². The molecule has 0 spiro atoms. The third-order valence-corrected chi connectivity index (χ3v) is 4.79. The van der Waals surface area contributed by atoms with E-state index in [4.69, 9.17) is 8.83 Å². The summed E-state index contributed by atoms with van der Waals surface area (Å²) in [5.41, 5.74) is 0.517. The maximum Gasteiger partial charge on any atom is 0.288 e. The molecule has 0 aliphatic carbocycles. The van der Waals surface area contributed by atoms with Crippen molar-refractivity contribution in [2.24, 2.45) is 0 Å². The molecule has 2 heterocycles. The van der Waals surface area contributed by atoms with Crippen molar-refractivity contribution >= 4 is 35.1 Å². The average molecular weight is 397 g/mol. The van der Waals surface area contributed by atoms with Gasteiger partial charge in [0.15, 0.2) is 5.76 Å². The maximum absolute atomic E-state index is 12.3. The van der Waals surface area contributed by atoms with Gasteiger partial charge in [0.05, 0.1) is 11.5 Å². The van der Waals surface area contributed by atoms with Crippen molar-refractivity contribution in [2.45, 2.75) is 28.0 Å². The molecule has 0 fully saturated rings. The van der Waals surface area contributed by atoms with Gasteiger partial charge in [-0.3, -0.25) is 4.79 Å². The van der Waals surface area contributed by atoms with Crippen LogP contribution >= 0.6 is 23.5 Å². The Hall–Kier alpha value is -2.33. The van der Waals surface area contributed by atoms with Crippen LogP contribution in [0, 0.1) is 0 Å². The van der Waals surface area contributed by atoms with Crippen molar-refractivity contribution < 1.29 is 22.4 Å². The number of amides is 1. The van der Waals surface area contributed by atoms with Gasteiger partial charge in [0.25, 0.3) is 16.9 Å². The van der Waals surface area contributed by atoms with Gasteiger partial charge in [0, 0.05) is 10.6 Å². The fraction of sp³-hybridized carbons (Fsp3) is 0.188. The molecule has 0 saturated carbocycles. The fourth-order valence-corrected chi connectivity index (χ4v) is 3.11. The number of aromatic nitrogens is 2. The molecule has 1 N–H and O–H groups in total. The van der Waals surface area contributed by atoms with Crippen LogP contribution in [0.1, 0.15) is 6.92 Å². The summed E-state index contributed by atoms with van der Waals surface area (Å²) in [5.74, 6) is -2.07. The highest BCUT2D eigenvalue weighted by atomic mass is 32.2. The van der Waals surface area contributed by atoms with E-state index in [1.807, 2.05) is 0 Å². The molecule has 1 amide bonds. The molecule has 3 aromatic rings. The van der Waals surface area contributed by atoms with Crippen molar-refractivity contribution in [3.63, 3.8) is 0 Å². The zero-order valence-corrected chi connectivity index (χ0v) is 15.0.